The van der Waals surface area contributed by atoms with Gasteiger partial charge in [-0.3, -0.25) is 9.90 Å². The van der Waals surface area contributed by atoms with E-state index < -0.39 is 0 Å². The van der Waals surface area contributed by atoms with E-state index >= 15 is 0 Å². The maximum Gasteiger partial charge on any atom is 0.179 e. The highest BCUT2D eigenvalue weighted by atomic mass is 16.3. The number of Topliss-reactive ketones (excluding diaryl/α,β-unsaturated/α-hetero) is 1. The van der Waals surface area contributed by atoms with Crippen LogP contribution in [-0.2, 0) is 5.11 Å². The minimum absolute atomic E-state index is 0.0716. The summed E-state index contributed by atoms with van der Waals surface area (Å²) in [5.41, 5.74) is 0.479. The molecule has 0 bridgehead atoms. The lowest BCUT2D eigenvalue weighted by Crippen LogP contribution is -1.89. The summed E-state index contributed by atoms with van der Waals surface area (Å²) in [6.07, 6.45) is 0. The number of rotatable bonds is 1. The van der Waals surface area contributed by atoms with Gasteiger partial charge in [0.2, 0.25) is 0 Å². The first-order valence-corrected chi connectivity index (χ1v) is 2.98. The molecule has 0 heterocycles. The van der Waals surface area contributed by atoms with E-state index in [1.807, 2.05) is 0 Å². The highest BCUT2D eigenvalue weighted by molar-refractivity contribution is 5.94. The molecule has 0 spiro atoms. The second-order valence-corrected chi connectivity index (χ2v) is 2.08. The molecule has 2 nitrogen and oxygen atoms in total. The standard InChI is InChI=1S/C8H7O2/c1-6(9)7-3-2-4-8(10)5-7/h2-5H,1H3. The summed E-state index contributed by atoms with van der Waals surface area (Å²) in [5.74, 6) is -0.189. The van der Waals surface area contributed by atoms with E-state index in [1.54, 1.807) is 12.1 Å². The quantitative estimate of drug-likeness (QED) is 0.543. The Morgan fingerprint density at radius 2 is 2.10 bits per heavy atom. The smallest absolute Gasteiger partial charge is 0.179 e. The summed E-state index contributed by atoms with van der Waals surface area (Å²) in [6, 6.07) is 5.97. The highest BCUT2D eigenvalue weighted by Crippen LogP contribution is 2.11. The molecule has 1 rings (SSSR count). The molecule has 0 aliphatic heterocycles. The third kappa shape index (κ3) is 1.35. The first-order chi connectivity index (χ1) is 4.70. The average Bonchev–Trinajstić information content (AvgIpc) is 1.88. The van der Waals surface area contributed by atoms with Crippen LogP contribution in [-0.4, -0.2) is 5.78 Å². The molecule has 0 aliphatic carbocycles. The molecule has 0 unspecified atom stereocenters. The first kappa shape index (κ1) is 6.81. The van der Waals surface area contributed by atoms with E-state index in [4.69, 9.17) is 0 Å². The summed E-state index contributed by atoms with van der Waals surface area (Å²) >= 11 is 0. The summed E-state index contributed by atoms with van der Waals surface area (Å²) in [7, 11) is 0. The van der Waals surface area contributed by atoms with Gasteiger partial charge in [0.25, 0.3) is 0 Å². The fraction of sp³-hybridized carbons (Fsp3) is 0.125. The number of ketones is 1. The van der Waals surface area contributed by atoms with Crippen molar-refractivity contribution >= 4 is 5.78 Å². The summed E-state index contributed by atoms with van der Waals surface area (Å²) < 4.78 is 0. The van der Waals surface area contributed by atoms with Gasteiger partial charge in [-0.2, -0.15) is 0 Å². The maximum absolute atomic E-state index is 10.7. The van der Waals surface area contributed by atoms with Crippen LogP contribution in [0.15, 0.2) is 24.3 Å². The second-order valence-electron chi connectivity index (χ2n) is 2.08. The number of carbonyl (C=O) groups excluding carboxylic acids is 1. The maximum atomic E-state index is 10.7. The molecule has 2 heteroatoms. The minimum Gasteiger partial charge on any atom is -0.295 e. The van der Waals surface area contributed by atoms with Crippen LogP contribution >= 0.6 is 0 Å². The number of carbonyl (C=O) groups is 1. The van der Waals surface area contributed by atoms with Gasteiger partial charge in [0.15, 0.2) is 11.5 Å². The van der Waals surface area contributed by atoms with Gasteiger partial charge in [-0.25, -0.2) is 0 Å². The van der Waals surface area contributed by atoms with E-state index in [-0.39, 0.29) is 11.5 Å². The molecule has 0 aromatic heterocycles. The van der Waals surface area contributed by atoms with E-state index in [1.165, 1.54) is 19.1 Å². The molecule has 1 aromatic rings. The molecule has 0 fully saturated rings. The molecule has 51 valence electrons. The van der Waals surface area contributed by atoms with Crippen molar-refractivity contribution in [2.45, 2.75) is 6.92 Å². The van der Waals surface area contributed by atoms with Gasteiger partial charge in [-0.15, -0.1) is 0 Å². The molecule has 10 heavy (non-hydrogen) atoms. The molecule has 1 aromatic carbocycles. The van der Waals surface area contributed by atoms with Crippen molar-refractivity contribution in [3.05, 3.63) is 29.8 Å². The third-order valence-corrected chi connectivity index (χ3v) is 1.24. The molecule has 1 radical (unpaired) electrons. The van der Waals surface area contributed by atoms with Crippen LogP contribution in [0.5, 0.6) is 5.75 Å². The third-order valence-electron chi connectivity index (χ3n) is 1.24. The van der Waals surface area contributed by atoms with Crippen LogP contribution in [0.2, 0.25) is 0 Å². The summed E-state index contributed by atoms with van der Waals surface area (Å²) in [4.78, 5) is 10.7. The fourth-order valence-corrected chi connectivity index (χ4v) is 0.715. The van der Waals surface area contributed by atoms with Crippen molar-refractivity contribution in [1.82, 2.24) is 0 Å². The zero-order valence-electron chi connectivity index (χ0n) is 5.63. The van der Waals surface area contributed by atoms with Crippen LogP contribution in [0.1, 0.15) is 17.3 Å². The van der Waals surface area contributed by atoms with Crippen LogP contribution in [0.4, 0.5) is 0 Å². The van der Waals surface area contributed by atoms with Gasteiger partial charge in [-0.05, 0) is 19.1 Å². The molecule has 0 saturated heterocycles. The SMILES string of the molecule is CC(=O)c1cccc([O])c1. The monoisotopic (exact) mass is 135 g/mol. The second kappa shape index (κ2) is 2.52. The van der Waals surface area contributed by atoms with Crippen molar-refractivity contribution in [3.63, 3.8) is 0 Å². The Morgan fingerprint density at radius 3 is 2.50 bits per heavy atom. The van der Waals surface area contributed by atoms with Gasteiger partial charge >= 0.3 is 0 Å². The van der Waals surface area contributed by atoms with Crippen LogP contribution < -0.4 is 0 Å². The number of hydrogen-bond acceptors (Lipinski definition) is 1. The Bertz CT molecular complexity index is 253. The zero-order chi connectivity index (χ0) is 7.56. The van der Waals surface area contributed by atoms with Crippen LogP contribution in [0.3, 0.4) is 0 Å². The normalized spacial score (nSPS) is 9.30. The molecule has 0 N–H and O–H groups in total. The van der Waals surface area contributed by atoms with Crippen LogP contribution in [0.25, 0.3) is 0 Å². The largest absolute Gasteiger partial charge is 0.295 e. The number of hydrogen-bond donors (Lipinski definition) is 0. The number of benzene rings is 1. The van der Waals surface area contributed by atoms with Gasteiger partial charge in [0, 0.05) is 5.56 Å². The lowest BCUT2D eigenvalue weighted by Gasteiger charge is -1.91. The Kier molecular flexibility index (Phi) is 1.71. The lowest BCUT2D eigenvalue weighted by molar-refractivity contribution is 0.101. The highest BCUT2D eigenvalue weighted by Gasteiger charge is 1.98. The van der Waals surface area contributed by atoms with Crippen molar-refractivity contribution in [2.24, 2.45) is 0 Å². The van der Waals surface area contributed by atoms with E-state index in [0.717, 1.165) is 0 Å². The Morgan fingerprint density at radius 1 is 1.40 bits per heavy atom. The molecule has 0 aliphatic rings. The summed E-state index contributed by atoms with van der Waals surface area (Å²) in [5, 5.41) is 10.6. The fourth-order valence-electron chi connectivity index (χ4n) is 0.715. The minimum atomic E-state index is -0.118. The van der Waals surface area contributed by atoms with Crippen molar-refractivity contribution in [1.29, 1.82) is 0 Å². The van der Waals surface area contributed by atoms with Crippen LogP contribution in [0, 0.1) is 0 Å². The van der Waals surface area contributed by atoms with Crippen molar-refractivity contribution in [3.8, 4) is 5.75 Å². The van der Waals surface area contributed by atoms with E-state index in [2.05, 4.69) is 0 Å². The topological polar surface area (TPSA) is 37.0 Å². The molecular weight excluding hydrogens is 128 g/mol. The Hall–Kier alpha value is -1.31. The van der Waals surface area contributed by atoms with Gasteiger partial charge in [0.05, 0.1) is 0 Å². The predicted molar refractivity (Wildman–Crippen MR) is 36.6 cm³/mol. The van der Waals surface area contributed by atoms with Gasteiger partial charge in [0.1, 0.15) is 0 Å². The van der Waals surface area contributed by atoms with E-state index in [9.17, 15) is 9.90 Å². The Labute approximate surface area is 59.1 Å². The first-order valence-electron chi connectivity index (χ1n) is 2.98. The Balaban J connectivity index is 3.07. The van der Waals surface area contributed by atoms with Crippen molar-refractivity contribution < 1.29 is 9.90 Å². The zero-order valence-corrected chi connectivity index (χ0v) is 5.63. The lowest BCUT2D eigenvalue weighted by atomic mass is 10.1. The van der Waals surface area contributed by atoms with Gasteiger partial charge < -0.3 is 0 Å². The molecule has 0 amide bonds. The van der Waals surface area contributed by atoms with Crippen molar-refractivity contribution in [2.75, 3.05) is 0 Å². The molecular formula is C8H7O2. The molecule has 0 atom stereocenters. The average molecular weight is 135 g/mol. The summed E-state index contributed by atoms with van der Waals surface area (Å²) in [6.45, 7) is 1.44. The predicted octanol–water partition coefficient (Wildman–Crippen LogP) is 2.03. The van der Waals surface area contributed by atoms with E-state index in [0.29, 0.717) is 5.56 Å². The van der Waals surface area contributed by atoms with Gasteiger partial charge in [-0.1, -0.05) is 12.1 Å². The molecule has 0 saturated carbocycles.